The number of aliphatic carboxylic acids is 1. The fourth-order valence-electron chi connectivity index (χ4n) is 4.73. The predicted molar refractivity (Wildman–Crippen MR) is 114 cm³/mol. The van der Waals surface area contributed by atoms with Crippen molar-refractivity contribution >= 4 is 28.6 Å². The van der Waals surface area contributed by atoms with Gasteiger partial charge in [0.05, 0.1) is 0 Å². The maximum Gasteiger partial charge on any atom is 0.340 e. The molecular weight excluding hydrogens is 441 g/mol. The summed E-state index contributed by atoms with van der Waals surface area (Å²) in [5, 5.41) is 20.7. The summed E-state index contributed by atoms with van der Waals surface area (Å²) in [6.45, 7) is 2.35. The number of hydrogen-bond donors (Lipinski definition) is 2. The van der Waals surface area contributed by atoms with Gasteiger partial charge in [-0.25, -0.2) is 4.79 Å². The first-order chi connectivity index (χ1) is 12.5. The fraction of sp³-hybridized carbons (Fsp3) is 0.667. The van der Waals surface area contributed by atoms with E-state index in [0.717, 1.165) is 31.6 Å². The summed E-state index contributed by atoms with van der Waals surface area (Å²) in [6.07, 6.45) is 6.20. The molecule has 4 nitrogen and oxygen atoms in total. The molecule has 1 heterocycles. The molecule has 26 heavy (non-hydrogen) atoms. The molecule has 0 bridgehead atoms. The second-order valence-corrected chi connectivity index (χ2v) is 7.69. The van der Waals surface area contributed by atoms with Crippen molar-refractivity contribution < 1.29 is 15.0 Å². The molecule has 1 aromatic carbocycles. The first-order valence-electron chi connectivity index (χ1n) is 9.59. The zero-order chi connectivity index (χ0) is 19.2. The highest BCUT2D eigenvalue weighted by molar-refractivity contribution is 14.1. The number of piperidine rings is 1. The molecule has 0 aromatic heterocycles. The van der Waals surface area contributed by atoms with Gasteiger partial charge in [-0.1, -0.05) is 52.9 Å². The Morgan fingerprint density at radius 3 is 2.00 bits per heavy atom. The van der Waals surface area contributed by atoms with E-state index in [9.17, 15) is 15.0 Å². The molecule has 2 N–H and O–H groups in total. The lowest BCUT2D eigenvalue weighted by atomic mass is 9.67. The summed E-state index contributed by atoms with van der Waals surface area (Å²) in [4.78, 5) is 16.2. The third-order valence-corrected chi connectivity index (χ3v) is 6.33. The van der Waals surface area contributed by atoms with E-state index in [1.54, 1.807) is 24.3 Å². The SMILES string of the molecule is CI.CN1CCC(C2CCC(C(O)(C(=O)O)c3ccccc3)CC2)CC1. The molecule has 2 fully saturated rings. The maximum atomic E-state index is 11.9. The van der Waals surface area contributed by atoms with Crippen LogP contribution in [0.3, 0.4) is 0 Å². The highest BCUT2D eigenvalue weighted by Crippen LogP contribution is 2.44. The van der Waals surface area contributed by atoms with Gasteiger partial charge in [-0.2, -0.15) is 0 Å². The lowest BCUT2D eigenvalue weighted by molar-refractivity contribution is -0.169. The largest absolute Gasteiger partial charge is 0.479 e. The van der Waals surface area contributed by atoms with Gasteiger partial charge in [0.15, 0.2) is 5.60 Å². The molecule has 0 amide bonds. The summed E-state index contributed by atoms with van der Waals surface area (Å²) >= 11 is 2.15. The number of alkyl halides is 1. The molecule has 0 radical (unpaired) electrons. The van der Waals surface area contributed by atoms with Gasteiger partial charge in [0.25, 0.3) is 0 Å². The molecule has 0 spiro atoms. The van der Waals surface area contributed by atoms with E-state index in [4.69, 9.17) is 0 Å². The van der Waals surface area contributed by atoms with E-state index < -0.39 is 11.6 Å². The Hall–Kier alpha value is -0.660. The van der Waals surface area contributed by atoms with Crippen LogP contribution >= 0.6 is 22.6 Å². The van der Waals surface area contributed by atoms with Gasteiger partial charge in [0, 0.05) is 5.92 Å². The molecule has 1 atom stereocenters. The summed E-state index contributed by atoms with van der Waals surface area (Å²) in [5.41, 5.74) is -1.24. The van der Waals surface area contributed by atoms with Crippen LogP contribution in [-0.4, -0.2) is 46.1 Å². The van der Waals surface area contributed by atoms with Crippen LogP contribution in [0.4, 0.5) is 0 Å². The summed E-state index contributed by atoms with van der Waals surface area (Å²) in [6, 6.07) is 8.91. The molecule has 1 aromatic rings. The fourth-order valence-corrected chi connectivity index (χ4v) is 4.73. The molecule has 1 aliphatic heterocycles. The minimum Gasteiger partial charge on any atom is -0.479 e. The Bertz CT molecular complexity index is 552. The zero-order valence-electron chi connectivity index (χ0n) is 15.9. The molecule has 2 aliphatic rings. The molecule has 146 valence electrons. The first kappa shape index (κ1) is 21.6. The van der Waals surface area contributed by atoms with E-state index in [-0.39, 0.29) is 5.92 Å². The van der Waals surface area contributed by atoms with Gasteiger partial charge in [0.1, 0.15) is 0 Å². The number of carboxylic acid groups (broad SMARTS) is 1. The second-order valence-electron chi connectivity index (χ2n) is 7.69. The van der Waals surface area contributed by atoms with Gasteiger partial charge in [-0.3, -0.25) is 0 Å². The van der Waals surface area contributed by atoms with Crippen molar-refractivity contribution in [3.8, 4) is 0 Å². The Labute approximate surface area is 171 Å². The maximum absolute atomic E-state index is 11.9. The Balaban J connectivity index is 0.00000117. The number of carboxylic acids is 1. The average Bonchev–Trinajstić information content (AvgIpc) is 2.70. The summed E-state index contributed by atoms with van der Waals surface area (Å²) in [5.74, 6) is 0.164. The van der Waals surface area contributed by atoms with Crippen LogP contribution in [0.25, 0.3) is 0 Å². The zero-order valence-corrected chi connectivity index (χ0v) is 18.1. The number of likely N-dealkylation sites (tertiary alicyclic amines) is 1. The monoisotopic (exact) mass is 473 g/mol. The number of hydrogen-bond acceptors (Lipinski definition) is 3. The molecule has 1 saturated heterocycles. The van der Waals surface area contributed by atoms with Crippen LogP contribution in [0.5, 0.6) is 0 Å². The number of halogens is 1. The number of rotatable bonds is 4. The van der Waals surface area contributed by atoms with Crippen LogP contribution in [0.15, 0.2) is 30.3 Å². The topological polar surface area (TPSA) is 60.8 Å². The quantitative estimate of drug-likeness (QED) is 0.510. The van der Waals surface area contributed by atoms with Crippen LogP contribution < -0.4 is 0 Å². The van der Waals surface area contributed by atoms with Crippen LogP contribution in [0.1, 0.15) is 44.1 Å². The molecule has 5 heteroatoms. The molecular formula is C21H32INO3. The van der Waals surface area contributed by atoms with Crippen LogP contribution in [0.2, 0.25) is 0 Å². The van der Waals surface area contributed by atoms with Gasteiger partial charge in [-0.15, -0.1) is 0 Å². The third-order valence-electron chi connectivity index (χ3n) is 6.33. The summed E-state index contributed by atoms with van der Waals surface area (Å²) < 4.78 is 0. The normalized spacial score (nSPS) is 27.1. The standard InChI is InChI=1S/C20H29NO3.CH3I/c1-21-13-11-16(12-14-21)15-7-9-18(10-8-15)20(24,19(22)23)17-5-3-2-4-6-17;1-2/h2-6,15-16,18,24H,7-14H2,1H3,(H,22,23);1H3. The minimum atomic E-state index is -1.75. The van der Waals surface area contributed by atoms with Crippen molar-refractivity contribution in [3.63, 3.8) is 0 Å². The van der Waals surface area contributed by atoms with E-state index in [1.807, 2.05) is 11.0 Å². The van der Waals surface area contributed by atoms with Crippen molar-refractivity contribution in [2.24, 2.45) is 17.8 Å². The first-order valence-corrected chi connectivity index (χ1v) is 11.7. The molecule has 1 unspecified atom stereocenters. The number of benzene rings is 1. The Kier molecular flexibility index (Phi) is 8.36. The van der Waals surface area contributed by atoms with Gasteiger partial charge in [0.2, 0.25) is 0 Å². The number of carbonyl (C=O) groups is 1. The van der Waals surface area contributed by atoms with E-state index in [0.29, 0.717) is 11.5 Å². The molecule has 1 saturated carbocycles. The van der Waals surface area contributed by atoms with E-state index >= 15 is 0 Å². The van der Waals surface area contributed by atoms with Crippen LogP contribution in [0, 0.1) is 17.8 Å². The van der Waals surface area contributed by atoms with E-state index in [2.05, 4.69) is 34.5 Å². The van der Waals surface area contributed by atoms with Gasteiger partial charge in [-0.05, 0) is 81.0 Å². The second kappa shape index (κ2) is 10.0. The number of nitrogens with zero attached hydrogens (tertiary/aromatic N) is 1. The summed E-state index contributed by atoms with van der Waals surface area (Å²) in [7, 11) is 2.18. The van der Waals surface area contributed by atoms with Crippen molar-refractivity contribution in [2.75, 3.05) is 25.1 Å². The lowest BCUT2D eigenvalue weighted by Crippen LogP contribution is -2.45. The molecule has 3 rings (SSSR count). The highest BCUT2D eigenvalue weighted by Gasteiger charge is 2.47. The van der Waals surface area contributed by atoms with Gasteiger partial charge >= 0.3 is 5.97 Å². The van der Waals surface area contributed by atoms with Gasteiger partial charge < -0.3 is 15.1 Å². The minimum absolute atomic E-state index is 0.195. The smallest absolute Gasteiger partial charge is 0.340 e. The highest BCUT2D eigenvalue weighted by atomic mass is 127. The van der Waals surface area contributed by atoms with Crippen molar-refractivity contribution in [1.82, 2.24) is 4.90 Å². The van der Waals surface area contributed by atoms with Crippen LogP contribution in [-0.2, 0) is 10.4 Å². The lowest BCUT2D eigenvalue weighted by Gasteiger charge is -2.41. The van der Waals surface area contributed by atoms with Crippen molar-refractivity contribution in [2.45, 2.75) is 44.1 Å². The average molecular weight is 473 g/mol. The van der Waals surface area contributed by atoms with Crippen molar-refractivity contribution in [3.05, 3.63) is 35.9 Å². The number of aliphatic hydroxyl groups is 1. The van der Waals surface area contributed by atoms with E-state index in [1.165, 1.54) is 25.9 Å². The third kappa shape index (κ3) is 4.78. The Morgan fingerprint density at radius 1 is 1.00 bits per heavy atom. The predicted octanol–water partition coefficient (Wildman–Crippen LogP) is 4.16. The van der Waals surface area contributed by atoms with Crippen molar-refractivity contribution in [1.29, 1.82) is 0 Å². The Morgan fingerprint density at radius 2 is 1.50 bits per heavy atom. The molecule has 1 aliphatic carbocycles.